The molecule has 3 N–H and O–H groups in total. The van der Waals surface area contributed by atoms with Gasteiger partial charge < -0.3 is 0 Å². The molecule has 2 rings (SSSR count). The second-order valence-electron chi connectivity index (χ2n) is 2.63. The smallest absolute Gasteiger partial charge is 0.238 e. The lowest BCUT2D eigenvalue weighted by Crippen LogP contribution is -2.10. The summed E-state index contributed by atoms with van der Waals surface area (Å²) in [4.78, 5) is 8.20. The fraction of sp³-hybridized carbons (Fsp3) is 0.143. The molecule has 2 aromatic rings. The Balaban J connectivity index is 2.22. The van der Waals surface area contributed by atoms with Crippen LogP contribution in [0.1, 0.15) is 0 Å². The summed E-state index contributed by atoms with van der Waals surface area (Å²) in [6, 6.07) is 0. The van der Waals surface area contributed by atoms with Gasteiger partial charge in [-0.15, -0.1) is 10.2 Å². The molecular weight excluding hydrogens is 344 g/mol. The fourth-order valence-corrected chi connectivity index (χ4v) is 3.66. The van der Waals surface area contributed by atoms with Crippen molar-refractivity contribution in [2.24, 2.45) is 5.84 Å². The molecule has 0 amide bonds. The van der Waals surface area contributed by atoms with Gasteiger partial charge in [0.1, 0.15) is 5.03 Å². The molecule has 0 aromatic carbocycles. The number of anilines is 1. The van der Waals surface area contributed by atoms with Crippen LogP contribution >= 0.6 is 50.8 Å². The van der Waals surface area contributed by atoms with Gasteiger partial charge in [-0.3, -0.25) is 5.43 Å². The number of nitrogens with one attached hydrogen (secondary N) is 1. The zero-order chi connectivity index (χ0) is 12.3. The van der Waals surface area contributed by atoms with E-state index in [0.29, 0.717) is 5.95 Å². The largest absolute Gasteiger partial charge is 0.292 e. The number of aromatic nitrogens is 4. The highest BCUT2D eigenvalue weighted by atomic mass is 79.9. The molecule has 6 nitrogen and oxygen atoms in total. The molecule has 0 radical (unpaired) electrons. The van der Waals surface area contributed by atoms with Gasteiger partial charge in [-0.1, -0.05) is 23.1 Å². The topological polar surface area (TPSA) is 89.6 Å². The Labute approximate surface area is 118 Å². The van der Waals surface area contributed by atoms with Crippen molar-refractivity contribution in [1.82, 2.24) is 20.2 Å². The van der Waals surface area contributed by atoms with Crippen LogP contribution in [0.2, 0.25) is 0 Å². The molecule has 10 heteroatoms. The predicted molar refractivity (Wildman–Crippen MR) is 73.4 cm³/mol. The van der Waals surface area contributed by atoms with Crippen molar-refractivity contribution in [2.75, 3.05) is 11.7 Å². The third kappa shape index (κ3) is 3.28. The third-order valence-corrected chi connectivity index (χ3v) is 5.38. The number of nitrogens with two attached hydrogens (primary N) is 1. The Kier molecular flexibility index (Phi) is 4.56. The van der Waals surface area contributed by atoms with Gasteiger partial charge in [0.25, 0.3) is 0 Å². The molecule has 0 saturated heterocycles. The monoisotopic (exact) mass is 350 g/mol. The number of rotatable bonds is 4. The van der Waals surface area contributed by atoms with Crippen molar-refractivity contribution in [3.05, 3.63) is 10.7 Å². The zero-order valence-corrected chi connectivity index (χ0v) is 12.6. The van der Waals surface area contributed by atoms with E-state index in [9.17, 15) is 0 Å². The van der Waals surface area contributed by atoms with Gasteiger partial charge in [0.2, 0.25) is 5.95 Å². The van der Waals surface area contributed by atoms with E-state index in [-0.39, 0.29) is 0 Å². The Hall–Kier alpha value is -0.420. The van der Waals surface area contributed by atoms with E-state index in [0.717, 1.165) is 18.2 Å². The normalized spacial score (nSPS) is 10.5. The zero-order valence-electron chi connectivity index (χ0n) is 8.55. The molecule has 0 bridgehead atoms. The van der Waals surface area contributed by atoms with Crippen LogP contribution < -0.4 is 11.3 Å². The first kappa shape index (κ1) is 13.0. The van der Waals surface area contributed by atoms with Crippen molar-refractivity contribution in [2.45, 2.75) is 13.7 Å². The van der Waals surface area contributed by atoms with Crippen LogP contribution in [0.5, 0.6) is 0 Å². The molecule has 17 heavy (non-hydrogen) atoms. The molecular formula is C7H7BrN6S3. The van der Waals surface area contributed by atoms with Gasteiger partial charge in [0, 0.05) is 6.20 Å². The summed E-state index contributed by atoms with van der Waals surface area (Å²) in [6.07, 6.45) is 3.60. The summed E-state index contributed by atoms with van der Waals surface area (Å²) in [6.45, 7) is 0. The first-order chi connectivity index (χ1) is 8.22. The molecule has 90 valence electrons. The van der Waals surface area contributed by atoms with E-state index >= 15 is 0 Å². The first-order valence-corrected chi connectivity index (χ1v) is 7.92. The summed E-state index contributed by atoms with van der Waals surface area (Å²) >= 11 is 7.88. The van der Waals surface area contributed by atoms with E-state index in [1.807, 2.05) is 6.26 Å². The Morgan fingerprint density at radius 1 is 1.41 bits per heavy atom. The number of halogens is 1. The SMILES string of the molecule is CSc1nnc(Sc2nc(NN)ncc2Br)s1. The molecule has 2 heterocycles. The lowest BCUT2D eigenvalue weighted by Gasteiger charge is -2.02. The second kappa shape index (κ2) is 5.96. The van der Waals surface area contributed by atoms with Crippen molar-refractivity contribution < 1.29 is 0 Å². The summed E-state index contributed by atoms with van der Waals surface area (Å²) in [7, 11) is 0. The molecule has 0 aliphatic heterocycles. The molecule has 0 aliphatic carbocycles. The standard InChI is InChI=1S/C7H7BrN6S3/c1-15-6-13-14-7(17-6)16-4-3(8)2-10-5(11-4)12-9/h2H,9H2,1H3,(H,10,11,12). The number of nitrogens with zero attached hydrogens (tertiary/aromatic N) is 4. The maximum atomic E-state index is 5.26. The van der Waals surface area contributed by atoms with Gasteiger partial charge in [0.15, 0.2) is 8.68 Å². The highest BCUT2D eigenvalue weighted by Gasteiger charge is 2.10. The lowest BCUT2D eigenvalue weighted by molar-refractivity contribution is 0.949. The van der Waals surface area contributed by atoms with E-state index < -0.39 is 0 Å². The highest BCUT2D eigenvalue weighted by Crippen LogP contribution is 2.35. The minimum Gasteiger partial charge on any atom is -0.292 e. The molecule has 0 atom stereocenters. The fourth-order valence-electron chi connectivity index (χ4n) is 0.896. The molecule has 0 aliphatic rings. The van der Waals surface area contributed by atoms with Crippen molar-refractivity contribution in [1.29, 1.82) is 0 Å². The highest BCUT2D eigenvalue weighted by molar-refractivity contribution is 9.10. The minimum atomic E-state index is 0.366. The third-order valence-electron chi connectivity index (χ3n) is 1.59. The number of hydrazine groups is 1. The number of hydrogen-bond donors (Lipinski definition) is 2. The van der Waals surface area contributed by atoms with Gasteiger partial charge in [-0.2, -0.15) is 0 Å². The number of nitrogen functional groups attached to an aromatic ring is 1. The summed E-state index contributed by atoms with van der Waals surface area (Å²) in [5.41, 5.74) is 2.40. The van der Waals surface area contributed by atoms with Crippen LogP contribution in [0.25, 0.3) is 0 Å². The van der Waals surface area contributed by atoms with E-state index in [2.05, 4.69) is 41.5 Å². The van der Waals surface area contributed by atoms with Crippen LogP contribution in [0.15, 0.2) is 24.4 Å². The lowest BCUT2D eigenvalue weighted by atomic mass is 10.7. The first-order valence-electron chi connectivity index (χ1n) is 4.27. The second-order valence-corrected chi connectivity index (χ2v) is 6.75. The van der Waals surface area contributed by atoms with Gasteiger partial charge in [-0.25, -0.2) is 15.8 Å². The van der Waals surface area contributed by atoms with E-state index in [1.165, 1.54) is 23.1 Å². The molecule has 2 aromatic heterocycles. The summed E-state index contributed by atoms with van der Waals surface area (Å²) in [5, 5.41) is 8.82. The molecule has 0 spiro atoms. The van der Waals surface area contributed by atoms with Crippen LogP contribution in [-0.2, 0) is 0 Å². The Bertz CT molecular complexity index is 518. The number of hydrogen-bond acceptors (Lipinski definition) is 9. The van der Waals surface area contributed by atoms with Crippen LogP contribution in [0.4, 0.5) is 5.95 Å². The van der Waals surface area contributed by atoms with Crippen LogP contribution in [-0.4, -0.2) is 26.4 Å². The average Bonchev–Trinajstić information content (AvgIpc) is 2.80. The van der Waals surface area contributed by atoms with E-state index in [4.69, 9.17) is 5.84 Å². The Morgan fingerprint density at radius 3 is 2.82 bits per heavy atom. The summed E-state index contributed by atoms with van der Waals surface area (Å²) < 4.78 is 2.55. The quantitative estimate of drug-likeness (QED) is 0.375. The molecule has 0 fully saturated rings. The molecule has 0 saturated carbocycles. The van der Waals surface area contributed by atoms with Crippen LogP contribution in [0.3, 0.4) is 0 Å². The van der Waals surface area contributed by atoms with Crippen LogP contribution in [0, 0.1) is 0 Å². The average molecular weight is 351 g/mol. The van der Waals surface area contributed by atoms with Gasteiger partial charge in [-0.05, 0) is 33.9 Å². The number of thioether (sulfide) groups is 1. The minimum absolute atomic E-state index is 0.366. The molecule has 0 unspecified atom stereocenters. The van der Waals surface area contributed by atoms with Crippen molar-refractivity contribution in [3.63, 3.8) is 0 Å². The van der Waals surface area contributed by atoms with Crippen molar-refractivity contribution >= 4 is 56.7 Å². The maximum absolute atomic E-state index is 5.26. The Morgan fingerprint density at radius 2 is 2.18 bits per heavy atom. The predicted octanol–water partition coefficient (Wildman–Crippen LogP) is 2.25. The maximum Gasteiger partial charge on any atom is 0.238 e. The van der Waals surface area contributed by atoms with Crippen molar-refractivity contribution in [3.8, 4) is 0 Å². The van der Waals surface area contributed by atoms with Gasteiger partial charge in [0.05, 0.1) is 4.47 Å². The summed E-state index contributed by atoms with van der Waals surface area (Å²) in [5.74, 6) is 5.63. The van der Waals surface area contributed by atoms with Gasteiger partial charge >= 0.3 is 0 Å². The van der Waals surface area contributed by atoms with E-state index in [1.54, 1.807) is 18.0 Å².